The van der Waals surface area contributed by atoms with Gasteiger partial charge in [0.05, 0.1) is 19.3 Å². The summed E-state index contributed by atoms with van der Waals surface area (Å²) in [6, 6.07) is 0. The maximum atomic E-state index is 12.7. The van der Waals surface area contributed by atoms with E-state index < -0.39 is 17.4 Å². The van der Waals surface area contributed by atoms with Gasteiger partial charge in [-0.3, -0.25) is 9.59 Å². The van der Waals surface area contributed by atoms with Crippen LogP contribution in [0.4, 0.5) is 0 Å². The Bertz CT molecular complexity index is 375. The smallest absolute Gasteiger partial charge is 0.323 e. The van der Waals surface area contributed by atoms with E-state index in [4.69, 9.17) is 14.2 Å². The molecule has 0 radical (unpaired) electrons. The normalized spacial score (nSPS) is 17.3. The number of unbranched alkanes of at least 4 members (excludes halogenated alkanes) is 6. The number of carbonyl (C=O) groups is 2. The van der Waals surface area contributed by atoms with Gasteiger partial charge < -0.3 is 14.2 Å². The van der Waals surface area contributed by atoms with Gasteiger partial charge in [-0.1, -0.05) is 52.4 Å². The van der Waals surface area contributed by atoms with Crippen molar-refractivity contribution in [3.8, 4) is 0 Å². The Labute approximate surface area is 159 Å². The molecule has 5 heteroatoms. The van der Waals surface area contributed by atoms with Crippen LogP contribution in [0.15, 0.2) is 0 Å². The second kappa shape index (κ2) is 13.1. The Balaban J connectivity index is 2.56. The number of carbonyl (C=O) groups excluding carboxylic acids is 2. The molecule has 1 heterocycles. The average Bonchev–Trinajstić information content (AvgIpc) is 3.13. The van der Waals surface area contributed by atoms with Crippen LogP contribution in [-0.4, -0.2) is 37.9 Å². The predicted molar refractivity (Wildman–Crippen MR) is 102 cm³/mol. The summed E-state index contributed by atoms with van der Waals surface area (Å²) in [6.07, 6.45) is 10.4. The molecule has 0 amide bonds. The molecule has 1 unspecified atom stereocenters. The van der Waals surface area contributed by atoms with Crippen LogP contribution in [0.25, 0.3) is 0 Å². The van der Waals surface area contributed by atoms with E-state index in [9.17, 15) is 9.59 Å². The highest BCUT2D eigenvalue weighted by atomic mass is 16.6. The Kier molecular flexibility index (Phi) is 11.6. The summed E-state index contributed by atoms with van der Waals surface area (Å²) < 4.78 is 16.5. The van der Waals surface area contributed by atoms with Crippen LogP contribution in [0.1, 0.15) is 91.4 Å². The monoisotopic (exact) mass is 370 g/mol. The van der Waals surface area contributed by atoms with E-state index in [2.05, 4.69) is 13.8 Å². The Morgan fingerprint density at radius 3 is 1.88 bits per heavy atom. The molecular formula is C21H38O5. The van der Waals surface area contributed by atoms with E-state index in [1.165, 1.54) is 0 Å². The fourth-order valence-electron chi connectivity index (χ4n) is 3.22. The molecule has 0 aromatic rings. The van der Waals surface area contributed by atoms with Gasteiger partial charge in [0.25, 0.3) is 0 Å². The molecular weight excluding hydrogens is 332 g/mol. The molecule has 26 heavy (non-hydrogen) atoms. The molecule has 5 nitrogen and oxygen atoms in total. The minimum atomic E-state index is -1.27. The zero-order chi connectivity index (χ0) is 19.3. The fourth-order valence-corrected chi connectivity index (χ4v) is 3.22. The molecule has 0 spiro atoms. The van der Waals surface area contributed by atoms with Crippen LogP contribution in [0.2, 0.25) is 0 Å². The number of hydrogen-bond donors (Lipinski definition) is 0. The number of hydrogen-bond acceptors (Lipinski definition) is 5. The summed E-state index contributed by atoms with van der Waals surface area (Å²) in [5.74, 6) is -0.939. The second-order valence-corrected chi connectivity index (χ2v) is 7.56. The van der Waals surface area contributed by atoms with E-state index in [0.29, 0.717) is 26.2 Å². The van der Waals surface area contributed by atoms with Crippen LogP contribution in [0.3, 0.4) is 0 Å². The van der Waals surface area contributed by atoms with E-state index >= 15 is 0 Å². The molecule has 1 rings (SSSR count). The van der Waals surface area contributed by atoms with E-state index in [-0.39, 0.29) is 6.10 Å². The van der Waals surface area contributed by atoms with Crippen molar-refractivity contribution in [3.05, 3.63) is 0 Å². The Hall–Kier alpha value is -1.10. The number of rotatable bonds is 14. The molecule has 0 aromatic heterocycles. The maximum absolute atomic E-state index is 12.7. The topological polar surface area (TPSA) is 61.8 Å². The molecule has 0 N–H and O–H groups in total. The van der Waals surface area contributed by atoms with Crippen molar-refractivity contribution in [2.45, 2.75) is 97.5 Å². The lowest BCUT2D eigenvalue weighted by Gasteiger charge is -2.27. The third kappa shape index (κ3) is 8.07. The highest BCUT2D eigenvalue weighted by Crippen LogP contribution is 2.32. The van der Waals surface area contributed by atoms with Gasteiger partial charge in [-0.2, -0.15) is 0 Å². The van der Waals surface area contributed by atoms with Crippen molar-refractivity contribution in [1.29, 1.82) is 0 Å². The first-order valence-electron chi connectivity index (χ1n) is 10.5. The summed E-state index contributed by atoms with van der Waals surface area (Å²) in [5, 5.41) is 0. The van der Waals surface area contributed by atoms with Crippen molar-refractivity contribution < 1.29 is 23.8 Å². The molecule has 1 aliphatic rings. The first-order valence-corrected chi connectivity index (χ1v) is 10.5. The van der Waals surface area contributed by atoms with Gasteiger partial charge in [-0.15, -0.1) is 0 Å². The number of ether oxygens (including phenoxy) is 3. The molecule has 0 saturated carbocycles. The lowest BCUT2D eigenvalue weighted by molar-refractivity contribution is -0.174. The van der Waals surface area contributed by atoms with Crippen molar-refractivity contribution in [2.24, 2.45) is 5.41 Å². The predicted octanol–water partition coefficient (Wildman–Crippen LogP) is 4.81. The zero-order valence-electron chi connectivity index (χ0n) is 17.0. The summed E-state index contributed by atoms with van der Waals surface area (Å²) in [7, 11) is 0. The SMILES string of the molecule is CCCCCCOC(=O)C(C)(CC1CCCO1)C(=O)OCCCCCC. The van der Waals surface area contributed by atoms with Gasteiger partial charge in [0.15, 0.2) is 5.41 Å². The average molecular weight is 371 g/mol. The van der Waals surface area contributed by atoms with Crippen LogP contribution in [0, 0.1) is 5.41 Å². The third-order valence-electron chi connectivity index (χ3n) is 5.02. The number of esters is 2. The second-order valence-electron chi connectivity index (χ2n) is 7.56. The minimum absolute atomic E-state index is 0.0692. The van der Waals surface area contributed by atoms with Crippen molar-refractivity contribution in [2.75, 3.05) is 19.8 Å². The van der Waals surface area contributed by atoms with E-state index in [0.717, 1.165) is 64.2 Å². The van der Waals surface area contributed by atoms with Gasteiger partial charge in [0, 0.05) is 13.0 Å². The fraction of sp³-hybridized carbons (Fsp3) is 0.905. The van der Waals surface area contributed by atoms with Crippen LogP contribution in [0.5, 0.6) is 0 Å². The Morgan fingerprint density at radius 1 is 0.923 bits per heavy atom. The first kappa shape index (κ1) is 22.9. The lowest BCUT2D eigenvalue weighted by atomic mass is 9.83. The Morgan fingerprint density at radius 2 is 1.46 bits per heavy atom. The van der Waals surface area contributed by atoms with Crippen molar-refractivity contribution >= 4 is 11.9 Å². The standard InChI is InChI=1S/C21H38O5/c1-4-6-8-10-14-25-19(22)21(3,17-18-13-12-16-24-18)20(23)26-15-11-9-7-5-2/h18H,4-17H2,1-3H3. The van der Waals surface area contributed by atoms with Crippen LogP contribution >= 0.6 is 0 Å². The molecule has 1 atom stereocenters. The molecule has 1 saturated heterocycles. The molecule has 0 aliphatic carbocycles. The quantitative estimate of drug-likeness (QED) is 0.249. The molecule has 1 fully saturated rings. The molecule has 0 aromatic carbocycles. The summed E-state index contributed by atoms with van der Waals surface area (Å²) in [5.41, 5.74) is -1.27. The minimum Gasteiger partial charge on any atom is -0.465 e. The van der Waals surface area contributed by atoms with E-state index in [1.54, 1.807) is 6.92 Å². The molecule has 152 valence electrons. The van der Waals surface area contributed by atoms with Crippen LogP contribution in [-0.2, 0) is 23.8 Å². The molecule has 1 aliphatic heterocycles. The molecule has 0 bridgehead atoms. The van der Waals surface area contributed by atoms with Gasteiger partial charge in [0.2, 0.25) is 0 Å². The highest BCUT2D eigenvalue weighted by Gasteiger charge is 2.46. The first-order chi connectivity index (χ1) is 12.5. The lowest BCUT2D eigenvalue weighted by Crippen LogP contribution is -2.42. The summed E-state index contributed by atoms with van der Waals surface area (Å²) in [4.78, 5) is 25.4. The van der Waals surface area contributed by atoms with Gasteiger partial charge in [-0.25, -0.2) is 0 Å². The summed E-state index contributed by atoms with van der Waals surface area (Å²) >= 11 is 0. The van der Waals surface area contributed by atoms with Crippen molar-refractivity contribution in [3.63, 3.8) is 0 Å². The van der Waals surface area contributed by atoms with Crippen LogP contribution < -0.4 is 0 Å². The highest BCUT2D eigenvalue weighted by molar-refractivity contribution is 5.99. The summed E-state index contributed by atoms with van der Waals surface area (Å²) in [6.45, 7) is 7.35. The van der Waals surface area contributed by atoms with E-state index in [1.807, 2.05) is 0 Å². The largest absolute Gasteiger partial charge is 0.465 e. The van der Waals surface area contributed by atoms with Crippen molar-refractivity contribution in [1.82, 2.24) is 0 Å². The zero-order valence-corrected chi connectivity index (χ0v) is 17.0. The van der Waals surface area contributed by atoms with Gasteiger partial charge in [0.1, 0.15) is 0 Å². The van der Waals surface area contributed by atoms with Gasteiger partial charge >= 0.3 is 11.9 Å². The van der Waals surface area contributed by atoms with Gasteiger partial charge in [-0.05, 0) is 32.6 Å². The maximum Gasteiger partial charge on any atom is 0.323 e. The third-order valence-corrected chi connectivity index (χ3v) is 5.02.